The normalized spacial score (nSPS) is 21.4. The SMILES string of the molecule is CC(CO)C1CCC(CS(=O)(=O)c2ccc(-c3ccc(F)cc3F)cc2)CC1. The van der Waals surface area contributed by atoms with Crippen molar-refractivity contribution in [1.29, 1.82) is 0 Å². The van der Waals surface area contributed by atoms with Crippen LogP contribution in [0.5, 0.6) is 0 Å². The molecule has 1 saturated carbocycles. The summed E-state index contributed by atoms with van der Waals surface area (Å²) in [4.78, 5) is 0.226. The monoisotopic (exact) mass is 408 g/mol. The number of benzene rings is 2. The first-order chi connectivity index (χ1) is 13.3. The molecule has 6 heteroatoms. The van der Waals surface area contributed by atoms with Crippen LogP contribution >= 0.6 is 0 Å². The van der Waals surface area contributed by atoms with Crippen molar-refractivity contribution in [3.05, 3.63) is 54.1 Å². The van der Waals surface area contributed by atoms with Gasteiger partial charge in [-0.15, -0.1) is 0 Å². The van der Waals surface area contributed by atoms with Gasteiger partial charge in [-0.3, -0.25) is 0 Å². The van der Waals surface area contributed by atoms with E-state index in [1.54, 1.807) is 12.1 Å². The molecule has 3 rings (SSSR count). The fourth-order valence-corrected chi connectivity index (χ4v) is 5.74. The van der Waals surface area contributed by atoms with Crippen LogP contribution < -0.4 is 0 Å². The van der Waals surface area contributed by atoms with Crippen molar-refractivity contribution in [2.24, 2.45) is 17.8 Å². The van der Waals surface area contributed by atoms with Gasteiger partial charge in [-0.1, -0.05) is 19.1 Å². The van der Waals surface area contributed by atoms with Crippen molar-refractivity contribution in [2.75, 3.05) is 12.4 Å². The summed E-state index contributed by atoms with van der Waals surface area (Å²) in [5, 5.41) is 9.29. The molecule has 152 valence electrons. The molecule has 2 aromatic carbocycles. The van der Waals surface area contributed by atoms with E-state index in [-0.39, 0.29) is 34.7 Å². The predicted octanol–water partition coefficient (Wildman–Crippen LogP) is 4.84. The maximum absolute atomic E-state index is 13.9. The van der Waals surface area contributed by atoms with Crippen molar-refractivity contribution < 1.29 is 22.3 Å². The zero-order valence-corrected chi connectivity index (χ0v) is 16.8. The lowest BCUT2D eigenvalue weighted by atomic mass is 9.77. The topological polar surface area (TPSA) is 54.4 Å². The van der Waals surface area contributed by atoms with Gasteiger partial charge in [-0.2, -0.15) is 0 Å². The highest BCUT2D eigenvalue weighted by Crippen LogP contribution is 2.35. The minimum absolute atomic E-state index is 0.109. The van der Waals surface area contributed by atoms with Gasteiger partial charge in [0.2, 0.25) is 0 Å². The average Bonchev–Trinajstić information content (AvgIpc) is 2.68. The molecule has 1 atom stereocenters. The fraction of sp³-hybridized carbons (Fsp3) is 0.455. The molecule has 1 N–H and O–H groups in total. The molecule has 0 aliphatic heterocycles. The summed E-state index contributed by atoms with van der Waals surface area (Å²) in [6, 6.07) is 9.44. The number of rotatable bonds is 6. The molecule has 0 amide bonds. The summed E-state index contributed by atoms with van der Waals surface area (Å²) in [5.41, 5.74) is 0.747. The van der Waals surface area contributed by atoms with E-state index in [4.69, 9.17) is 0 Å². The van der Waals surface area contributed by atoms with Gasteiger partial charge in [0.1, 0.15) is 11.6 Å². The first kappa shape index (κ1) is 20.9. The summed E-state index contributed by atoms with van der Waals surface area (Å²) < 4.78 is 52.5. The largest absolute Gasteiger partial charge is 0.396 e. The van der Waals surface area contributed by atoms with Gasteiger partial charge in [-0.05, 0) is 73.3 Å². The van der Waals surface area contributed by atoms with Gasteiger partial charge >= 0.3 is 0 Å². The van der Waals surface area contributed by atoms with Gasteiger partial charge in [0.25, 0.3) is 0 Å². The Morgan fingerprint density at radius 1 is 1.04 bits per heavy atom. The van der Waals surface area contributed by atoms with Crippen molar-refractivity contribution in [3.63, 3.8) is 0 Å². The number of hydrogen-bond acceptors (Lipinski definition) is 3. The number of sulfone groups is 1. The Labute approximate surface area is 165 Å². The molecular weight excluding hydrogens is 382 g/mol. The summed E-state index contributed by atoms with van der Waals surface area (Å²) in [6.07, 6.45) is 3.61. The highest BCUT2D eigenvalue weighted by Gasteiger charge is 2.28. The Kier molecular flexibility index (Phi) is 6.50. The second-order valence-corrected chi connectivity index (χ2v) is 9.90. The van der Waals surface area contributed by atoms with Crippen molar-refractivity contribution in [1.82, 2.24) is 0 Å². The molecule has 0 spiro atoms. The number of halogens is 2. The highest BCUT2D eigenvalue weighted by molar-refractivity contribution is 7.91. The molecule has 28 heavy (non-hydrogen) atoms. The van der Waals surface area contributed by atoms with Crippen molar-refractivity contribution >= 4 is 9.84 Å². The van der Waals surface area contributed by atoms with Crippen molar-refractivity contribution in [3.8, 4) is 11.1 Å². The lowest BCUT2D eigenvalue weighted by Gasteiger charge is -2.31. The van der Waals surface area contributed by atoms with Crippen LogP contribution in [0.4, 0.5) is 8.78 Å². The standard InChI is InChI=1S/C22H26F2O3S/c1-15(13-25)17-4-2-16(3-5-17)14-28(26,27)20-9-6-18(7-10-20)21-11-8-19(23)12-22(21)24/h6-12,15-17,25H,2-5,13-14H2,1H3. The van der Waals surface area contributed by atoms with Crippen LogP contribution in [-0.2, 0) is 9.84 Å². The average molecular weight is 409 g/mol. The van der Waals surface area contributed by atoms with Crippen LogP contribution in [-0.4, -0.2) is 25.9 Å². The lowest BCUT2D eigenvalue weighted by Crippen LogP contribution is -2.26. The second-order valence-electron chi connectivity index (χ2n) is 7.87. The van der Waals surface area contributed by atoms with Gasteiger partial charge in [0.05, 0.1) is 10.6 Å². The Bertz CT molecular complexity index is 902. The first-order valence-corrected chi connectivity index (χ1v) is 11.3. The molecule has 2 aromatic rings. The third-order valence-corrected chi connectivity index (χ3v) is 7.80. The van der Waals surface area contributed by atoms with Gasteiger partial charge in [-0.25, -0.2) is 17.2 Å². The van der Waals surface area contributed by atoms with Gasteiger partial charge in [0, 0.05) is 18.2 Å². The molecule has 3 nitrogen and oxygen atoms in total. The van der Waals surface area contributed by atoms with Crippen LogP contribution in [0.3, 0.4) is 0 Å². The number of aliphatic hydroxyl groups excluding tert-OH is 1. The maximum Gasteiger partial charge on any atom is 0.178 e. The molecule has 0 radical (unpaired) electrons. The van der Waals surface area contributed by atoms with Crippen LogP contribution in [0.2, 0.25) is 0 Å². The Balaban J connectivity index is 1.67. The summed E-state index contributed by atoms with van der Waals surface area (Å²) in [7, 11) is -3.42. The van der Waals surface area contributed by atoms with Crippen LogP contribution in [0.1, 0.15) is 32.6 Å². The fourth-order valence-electron chi connectivity index (χ4n) is 4.04. The van der Waals surface area contributed by atoms with Crippen LogP contribution in [0.25, 0.3) is 11.1 Å². The van der Waals surface area contributed by atoms with Crippen LogP contribution in [0.15, 0.2) is 47.4 Å². The molecule has 1 aliphatic carbocycles. The molecule has 0 saturated heterocycles. The summed E-state index contributed by atoms with van der Waals surface area (Å²) in [5.74, 6) is -0.363. The lowest BCUT2D eigenvalue weighted by molar-refractivity contribution is 0.147. The molecule has 1 aliphatic rings. The van der Waals surface area contributed by atoms with E-state index in [0.29, 0.717) is 11.5 Å². The molecule has 0 bridgehead atoms. The number of aliphatic hydroxyl groups is 1. The Hall–Kier alpha value is -1.79. The second kappa shape index (κ2) is 8.70. The molecular formula is C22H26F2O3S. The third-order valence-electron chi connectivity index (χ3n) is 5.89. The molecule has 0 heterocycles. The summed E-state index contributed by atoms with van der Waals surface area (Å²) >= 11 is 0. The van der Waals surface area contributed by atoms with E-state index < -0.39 is 21.5 Å². The smallest absolute Gasteiger partial charge is 0.178 e. The third kappa shape index (κ3) is 4.78. The Morgan fingerprint density at radius 2 is 1.68 bits per heavy atom. The maximum atomic E-state index is 13.9. The van der Waals surface area contributed by atoms with Gasteiger partial charge in [0.15, 0.2) is 9.84 Å². The quantitative estimate of drug-likeness (QED) is 0.744. The van der Waals surface area contributed by atoms with E-state index in [2.05, 4.69) is 0 Å². The van der Waals surface area contributed by atoms with Crippen molar-refractivity contribution in [2.45, 2.75) is 37.5 Å². The van der Waals surface area contributed by atoms with Gasteiger partial charge < -0.3 is 5.11 Å². The summed E-state index contributed by atoms with van der Waals surface area (Å²) in [6.45, 7) is 2.21. The highest BCUT2D eigenvalue weighted by atomic mass is 32.2. The zero-order chi connectivity index (χ0) is 20.3. The predicted molar refractivity (Wildman–Crippen MR) is 106 cm³/mol. The minimum Gasteiger partial charge on any atom is -0.396 e. The number of hydrogen-bond donors (Lipinski definition) is 1. The van der Waals surface area contributed by atoms with E-state index in [0.717, 1.165) is 31.7 Å². The molecule has 1 unspecified atom stereocenters. The molecule has 0 aromatic heterocycles. The zero-order valence-electron chi connectivity index (χ0n) is 15.9. The van der Waals surface area contributed by atoms with E-state index >= 15 is 0 Å². The first-order valence-electron chi connectivity index (χ1n) is 9.69. The Morgan fingerprint density at radius 3 is 2.25 bits per heavy atom. The van der Waals surface area contributed by atoms with Crippen LogP contribution in [0, 0.1) is 29.4 Å². The minimum atomic E-state index is -3.42. The van der Waals surface area contributed by atoms with E-state index in [9.17, 15) is 22.3 Å². The van der Waals surface area contributed by atoms with E-state index in [1.807, 2.05) is 6.92 Å². The van der Waals surface area contributed by atoms with E-state index in [1.165, 1.54) is 24.3 Å². The molecule has 1 fully saturated rings.